The lowest BCUT2D eigenvalue weighted by Gasteiger charge is -2.22. The molecule has 2 fully saturated rings. The smallest absolute Gasteiger partial charge is 0.293 e. The van der Waals surface area contributed by atoms with Gasteiger partial charge in [-0.05, 0) is 49.4 Å². The third-order valence-corrected chi connectivity index (χ3v) is 5.00. The van der Waals surface area contributed by atoms with Gasteiger partial charge in [0.25, 0.3) is 6.02 Å². The Kier molecular flexibility index (Phi) is 4.03. The van der Waals surface area contributed by atoms with Gasteiger partial charge in [-0.2, -0.15) is 10.3 Å². The molecule has 2 aliphatic rings. The molecular weight excluding hydrogens is 290 g/mol. The van der Waals surface area contributed by atoms with Gasteiger partial charge in [0.05, 0.1) is 29.5 Å². The molecule has 0 aromatic heterocycles. The van der Waals surface area contributed by atoms with Crippen molar-refractivity contribution in [3.05, 3.63) is 28.8 Å². The number of benzene rings is 1. The highest BCUT2D eigenvalue weighted by molar-refractivity contribution is 5.81. The van der Waals surface area contributed by atoms with Crippen LogP contribution in [0.15, 0.2) is 17.1 Å². The lowest BCUT2D eigenvalue weighted by molar-refractivity contribution is 0.0672. The van der Waals surface area contributed by atoms with E-state index >= 15 is 0 Å². The van der Waals surface area contributed by atoms with Crippen LogP contribution >= 0.6 is 0 Å². The molecule has 0 saturated carbocycles. The largest absolute Gasteiger partial charge is 0.459 e. The van der Waals surface area contributed by atoms with E-state index in [0.29, 0.717) is 17.5 Å². The summed E-state index contributed by atoms with van der Waals surface area (Å²) in [5, 5.41) is 19.4. The molecule has 1 aromatic rings. The summed E-state index contributed by atoms with van der Waals surface area (Å²) in [4.78, 5) is 6.79. The van der Waals surface area contributed by atoms with Gasteiger partial charge >= 0.3 is 0 Å². The zero-order chi connectivity index (χ0) is 16.7. The minimum absolute atomic E-state index is 0.00599. The van der Waals surface area contributed by atoms with E-state index in [0.717, 1.165) is 29.8 Å². The number of rotatable bonds is 2. The molecule has 5 heteroatoms. The van der Waals surface area contributed by atoms with Crippen molar-refractivity contribution >= 4 is 11.7 Å². The third kappa shape index (κ3) is 2.57. The Hall–Kier alpha value is -2.06. The summed E-state index contributed by atoms with van der Waals surface area (Å²) in [6.45, 7) is 8.89. The van der Waals surface area contributed by atoms with Gasteiger partial charge in [-0.15, -0.1) is 0 Å². The fraction of sp³-hybridized carbons (Fsp3) is 0.556. The van der Waals surface area contributed by atoms with Crippen LogP contribution in [0.1, 0.15) is 37.0 Å². The van der Waals surface area contributed by atoms with Crippen LogP contribution in [-0.2, 0) is 4.74 Å². The molecule has 5 nitrogen and oxygen atoms in total. The van der Waals surface area contributed by atoms with Gasteiger partial charge in [0.1, 0.15) is 6.10 Å². The second-order valence-electron chi connectivity index (χ2n) is 6.75. The predicted octanol–water partition coefficient (Wildman–Crippen LogP) is 2.65. The summed E-state index contributed by atoms with van der Waals surface area (Å²) in [5.41, 5.74) is 3.43. The van der Waals surface area contributed by atoms with Crippen molar-refractivity contribution in [3.63, 3.8) is 0 Å². The second kappa shape index (κ2) is 5.86. The quantitative estimate of drug-likeness (QED) is 0.911. The maximum absolute atomic E-state index is 10.3. The van der Waals surface area contributed by atoms with Crippen LogP contribution in [0.25, 0.3) is 0 Å². The summed E-state index contributed by atoms with van der Waals surface area (Å²) < 4.78 is 6.07. The van der Waals surface area contributed by atoms with E-state index in [1.807, 2.05) is 19.9 Å². The maximum Gasteiger partial charge on any atom is 0.293 e. The number of fused-ring (bicyclic) bond motifs is 1. The van der Waals surface area contributed by atoms with E-state index < -0.39 is 0 Å². The van der Waals surface area contributed by atoms with Crippen molar-refractivity contribution in [1.82, 2.24) is 4.90 Å². The van der Waals surface area contributed by atoms with Gasteiger partial charge in [0, 0.05) is 6.54 Å². The topological polar surface area (TPSA) is 68.8 Å². The van der Waals surface area contributed by atoms with Gasteiger partial charge in [-0.25, -0.2) is 0 Å². The second-order valence-corrected chi connectivity index (χ2v) is 6.75. The van der Waals surface area contributed by atoms with Crippen molar-refractivity contribution in [3.8, 4) is 6.07 Å². The zero-order valence-electron chi connectivity index (χ0n) is 14.1. The molecule has 3 rings (SSSR count). The van der Waals surface area contributed by atoms with E-state index in [1.54, 1.807) is 6.07 Å². The van der Waals surface area contributed by atoms with E-state index in [2.05, 4.69) is 24.8 Å². The summed E-state index contributed by atoms with van der Waals surface area (Å²) in [6.07, 6.45) is 0.353. The van der Waals surface area contributed by atoms with Crippen molar-refractivity contribution in [2.45, 2.75) is 52.4 Å². The lowest BCUT2D eigenvalue weighted by Crippen LogP contribution is -2.40. The summed E-state index contributed by atoms with van der Waals surface area (Å²) in [7, 11) is 0. The van der Waals surface area contributed by atoms with Crippen LogP contribution in [-0.4, -0.2) is 40.8 Å². The van der Waals surface area contributed by atoms with Crippen LogP contribution in [0, 0.1) is 31.1 Å². The Morgan fingerprint density at radius 3 is 2.74 bits per heavy atom. The van der Waals surface area contributed by atoms with Gasteiger partial charge in [-0.3, -0.25) is 0 Å². The molecule has 0 amide bonds. The van der Waals surface area contributed by atoms with Gasteiger partial charge in [-0.1, -0.05) is 13.8 Å². The number of ether oxygens (including phenoxy) is 1. The first kappa shape index (κ1) is 15.8. The van der Waals surface area contributed by atoms with Crippen LogP contribution in [0.4, 0.5) is 5.69 Å². The minimum Gasteiger partial charge on any atom is -0.459 e. The van der Waals surface area contributed by atoms with E-state index in [9.17, 15) is 5.11 Å². The molecular formula is C18H23N3O2. The molecule has 0 aliphatic carbocycles. The average Bonchev–Trinajstić information content (AvgIpc) is 3.06. The predicted molar refractivity (Wildman–Crippen MR) is 88.6 cm³/mol. The van der Waals surface area contributed by atoms with Crippen molar-refractivity contribution < 1.29 is 9.84 Å². The van der Waals surface area contributed by atoms with E-state index in [1.165, 1.54) is 0 Å². The van der Waals surface area contributed by atoms with Crippen LogP contribution in [0.3, 0.4) is 0 Å². The first-order valence-electron chi connectivity index (χ1n) is 8.14. The van der Waals surface area contributed by atoms with Crippen molar-refractivity contribution in [1.29, 1.82) is 5.26 Å². The molecule has 0 bridgehead atoms. The Balaban J connectivity index is 1.98. The summed E-state index contributed by atoms with van der Waals surface area (Å²) in [5.74, 6) is 0.312. The van der Waals surface area contributed by atoms with Crippen LogP contribution in [0.5, 0.6) is 0 Å². The molecule has 122 valence electrons. The zero-order valence-corrected chi connectivity index (χ0v) is 14.1. The Labute approximate surface area is 137 Å². The normalized spacial score (nSPS) is 28.1. The molecule has 2 saturated heterocycles. The molecule has 1 N–H and O–H groups in total. The first-order chi connectivity index (χ1) is 10.9. The highest BCUT2D eigenvalue weighted by Gasteiger charge is 2.49. The number of hydrogen-bond acceptors (Lipinski definition) is 4. The monoisotopic (exact) mass is 313 g/mol. The molecule has 0 unspecified atom stereocenters. The number of hydrogen-bond donors (Lipinski definition) is 1. The fourth-order valence-electron chi connectivity index (χ4n) is 3.45. The highest BCUT2D eigenvalue weighted by atomic mass is 16.5. The number of aliphatic hydroxyl groups excluding tert-OH is 1. The fourth-order valence-corrected chi connectivity index (χ4v) is 3.45. The molecule has 0 spiro atoms. The molecule has 1 aromatic carbocycles. The van der Waals surface area contributed by atoms with Gasteiger partial charge in [0.15, 0.2) is 0 Å². The number of nitrogens with zero attached hydrogens (tertiary/aromatic N) is 3. The SMILES string of the molecule is Cc1c(C#N)ccc(/N=C2\O[C@H](C(C)C)[C@@H]3[C@H](O)CCN23)c1C. The molecule has 2 heterocycles. The highest BCUT2D eigenvalue weighted by Crippen LogP contribution is 2.35. The molecule has 0 radical (unpaired) electrons. The van der Waals surface area contributed by atoms with Gasteiger partial charge in [0.2, 0.25) is 0 Å². The summed E-state index contributed by atoms with van der Waals surface area (Å²) >= 11 is 0. The third-order valence-electron chi connectivity index (χ3n) is 5.00. The van der Waals surface area contributed by atoms with E-state index in [4.69, 9.17) is 15.0 Å². The van der Waals surface area contributed by atoms with Gasteiger partial charge < -0.3 is 14.7 Å². The Bertz CT molecular complexity index is 690. The number of amidine groups is 1. The standard InChI is InChI=1S/C18H23N3O2/c1-10(2)17-16-15(22)7-8-21(16)18(23-17)20-14-6-5-13(9-19)11(3)12(14)4/h5-6,10,15-17,22H,7-8H2,1-4H3/b20-18-/t15-,16+,17-/m1/s1. The average molecular weight is 313 g/mol. The minimum atomic E-state index is -0.362. The maximum atomic E-state index is 10.3. The van der Waals surface area contributed by atoms with Crippen molar-refractivity contribution in [2.24, 2.45) is 10.9 Å². The number of aliphatic hydroxyl groups is 1. The first-order valence-corrected chi connectivity index (χ1v) is 8.14. The molecule has 2 aliphatic heterocycles. The Morgan fingerprint density at radius 2 is 2.09 bits per heavy atom. The number of aliphatic imine (C=N–C) groups is 1. The van der Waals surface area contributed by atoms with E-state index in [-0.39, 0.29) is 18.2 Å². The molecule has 3 atom stereocenters. The summed E-state index contributed by atoms with van der Waals surface area (Å²) in [6, 6.07) is 6.45. The Morgan fingerprint density at radius 1 is 1.35 bits per heavy atom. The number of nitriles is 1. The molecule has 23 heavy (non-hydrogen) atoms. The van der Waals surface area contributed by atoms with Crippen LogP contribution < -0.4 is 0 Å². The van der Waals surface area contributed by atoms with Crippen LogP contribution in [0.2, 0.25) is 0 Å². The van der Waals surface area contributed by atoms with Crippen molar-refractivity contribution in [2.75, 3.05) is 6.54 Å². The lowest BCUT2D eigenvalue weighted by atomic mass is 9.97.